The summed E-state index contributed by atoms with van der Waals surface area (Å²) in [5.41, 5.74) is 11.1. The number of hydrogen-bond donors (Lipinski definition) is 2. The number of amides is 4. The Morgan fingerprint density at radius 2 is 1.43 bits per heavy atom. The van der Waals surface area contributed by atoms with Crippen LogP contribution in [0.25, 0.3) is 22.3 Å². The van der Waals surface area contributed by atoms with Gasteiger partial charge in [0.25, 0.3) is 11.8 Å². The van der Waals surface area contributed by atoms with Gasteiger partial charge in [0.2, 0.25) is 11.8 Å². The molecule has 4 atom stereocenters. The molecule has 2 aromatic heterocycles. The van der Waals surface area contributed by atoms with Crippen LogP contribution in [0.1, 0.15) is 91.0 Å². The molecule has 7 aliphatic rings. The SMILES string of the molecule is Nc1ncnc2c1c(-c1ccc(Oc3ccccc3)cc1)nn2C1CCN(C2C[C@@H]3CN(C4CC5(CCN(c6ccc7c(c6)C(=O)N(C6CCC(=O)NC6=O)C7=O)CC5)C4)C[C@@H]3C2)CC1. The van der Waals surface area contributed by atoms with Gasteiger partial charge in [-0.2, -0.15) is 5.10 Å². The van der Waals surface area contributed by atoms with Gasteiger partial charge in [-0.25, -0.2) is 14.6 Å². The standard InChI is InChI=1S/C50H54N10O5/c51-45-43-44(30-6-9-38(10-7-30)65-37-4-2-1-3-5-37)55-60(46(43)53-29-52-45)33-14-18-56(19-15-33)35-22-31-27-58(28-32(31)23-35)36-25-50(26-36)16-20-57(21-17-50)34-8-11-39-40(24-34)49(64)59(48(39)63)41-12-13-42(61)54-47(41)62/h1-11,24,29,31-33,35-36,41H,12-23,25-28H2,(H2,51,52,53)(H,54,61,62)/t31-,32+,35?,41?. The molecule has 12 rings (SSSR count). The number of rotatable bonds is 8. The van der Waals surface area contributed by atoms with Crippen molar-refractivity contribution in [2.24, 2.45) is 17.3 Å². The minimum atomic E-state index is -0.953. The quantitative estimate of drug-likeness (QED) is 0.173. The second kappa shape index (κ2) is 15.8. The number of nitrogens with zero attached hydrogens (tertiary/aromatic N) is 8. The van der Waals surface area contributed by atoms with Gasteiger partial charge < -0.3 is 20.3 Å². The summed E-state index contributed by atoms with van der Waals surface area (Å²) in [5, 5.41) is 8.25. The van der Waals surface area contributed by atoms with Gasteiger partial charge in [-0.15, -0.1) is 0 Å². The fourth-order valence-corrected chi connectivity index (χ4v) is 12.7. The van der Waals surface area contributed by atoms with E-state index in [-0.39, 0.29) is 24.8 Å². The van der Waals surface area contributed by atoms with Crippen molar-refractivity contribution in [1.29, 1.82) is 0 Å². The third kappa shape index (κ3) is 7.05. The zero-order valence-electron chi connectivity index (χ0n) is 36.5. The molecule has 4 saturated heterocycles. The van der Waals surface area contributed by atoms with Gasteiger partial charge >= 0.3 is 0 Å². The summed E-state index contributed by atoms with van der Waals surface area (Å²) in [7, 11) is 0. The molecule has 1 spiro atoms. The molecular weight excluding hydrogens is 821 g/mol. The number of para-hydroxylation sites is 1. The number of imide groups is 2. The molecule has 6 fully saturated rings. The van der Waals surface area contributed by atoms with Crippen molar-refractivity contribution in [3.8, 4) is 22.8 Å². The molecule has 5 aromatic rings. The van der Waals surface area contributed by atoms with Gasteiger partial charge in [0.05, 0.1) is 22.6 Å². The van der Waals surface area contributed by atoms with Gasteiger partial charge in [0.15, 0.2) is 5.65 Å². The summed E-state index contributed by atoms with van der Waals surface area (Å²) in [6.45, 7) is 6.42. The predicted molar refractivity (Wildman–Crippen MR) is 243 cm³/mol. The molecule has 3 aromatic carbocycles. The number of hydrogen-bond acceptors (Lipinski definition) is 12. The first-order valence-corrected chi connectivity index (χ1v) is 23.6. The van der Waals surface area contributed by atoms with E-state index in [4.69, 9.17) is 20.6 Å². The van der Waals surface area contributed by atoms with E-state index < -0.39 is 23.8 Å². The van der Waals surface area contributed by atoms with Gasteiger partial charge in [-0.1, -0.05) is 18.2 Å². The molecule has 334 valence electrons. The molecular formula is C50H54N10O5. The van der Waals surface area contributed by atoms with E-state index in [0.29, 0.717) is 34.4 Å². The Bertz CT molecular complexity index is 2690. The highest BCUT2D eigenvalue weighted by Gasteiger charge is 2.52. The number of anilines is 2. The van der Waals surface area contributed by atoms with E-state index in [1.165, 1.54) is 38.8 Å². The van der Waals surface area contributed by atoms with Crippen molar-refractivity contribution >= 4 is 46.2 Å². The number of nitrogens with two attached hydrogens (primary N) is 1. The van der Waals surface area contributed by atoms with Crippen LogP contribution >= 0.6 is 0 Å². The molecule has 0 radical (unpaired) electrons. The van der Waals surface area contributed by atoms with Crippen molar-refractivity contribution in [2.75, 3.05) is 49.9 Å². The Labute approximate surface area is 377 Å². The molecule has 65 heavy (non-hydrogen) atoms. The number of aromatic nitrogens is 4. The molecule has 2 saturated carbocycles. The van der Waals surface area contributed by atoms with E-state index >= 15 is 0 Å². The summed E-state index contributed by atoms with van der Waals surface area (Å²) in [4.78, 5) is 68.9. The van der Waals surface area contributed by atoms with E-state index in [0.717, 1.165) is 108 Å². The highest BCUT2D eigenvalue weighted by molar-refractivity contribution is 6.23. The van der Waals surface area contributed by atoms with Crippen LogP contribution in [0.5, 0.6) is 11.5 Å². The minimum absolute atomic E-state index is 0.109. The topological polar surface area (TPSA) is 172 Å². The Morgan fingerprint density at radius 1 is 0.723 bits per heavy atom. The fourth-order valence-electron chi connectivity index (χ4n) is 12.7. The summed E-state index contributed by atoms with van der Waals surface area (Å²) in [6.07, 6.45) is 11.2. The molecule has 4 amide bonds. The van der Waals surface area contributed by atoms with Crippen LogP contribution in [0.2, 0.25) is 0 Å². The number of nitrogens with one attached hydrogen (secondary N) is 1. The largest absolute Gasteiger partial charge is 0.457 e. The number of carbonyl (C=O) groups excluding carboxylic acids is 4. The Balaban J connectivity index is 0.622. The molecule has 7 heterocycles. The van der Waals surface area contributed by atoms with Crippen molar-refractivity contribution < 1.29 is 23.9 Å². The second-order valence-electron chi connectivity index (χ2n) is 19.8. The van der Waals surface area contributed by atoms with Crippen LogP contribution in [0.4, 0.5) is 11.5 Å². The fraction of sp³-hybridized carbons (Fsp3) is 0.460. The molecule has 2 aliphatic carbocycles. The second-order valence-corrected chi connectivity index (χ2v) is 19.8. The molecule has 0 bridgehead atoms. The van der Waals surface area contributed by atoms with Crippen LogP contribution in [0, 0.1) is 17.3 Å². The number of benzene rings is 3. The lowest BCUT2D eigenvalue weighted by Gasteiger charge is -2.55. The van der Waals surface area contributed by atoms with Crippen molar-refractivity contribution in [3.05, 3.63) is 90.3 Å². The monoisotopic (exact) mass is 874 g/mol. The van der Waals surface area contributed by atoms with Crippen LogP contribution in [0.3, 0.4) is 0 Å². The lowest BCUT2D eigenvalue weighted by atomic mass is 9.60. The predicted octanol–water partition coefficient (Wildman–Crippen LogP) is 6.07. The first kappa shape index (κ1) is 40.3. The maximum absolute atomic E-state index is 13.4. The smallest absolute Gasteiger partial charge is 0.262 e. The molecule has 15 nitrogen and oxygen atoms in total. The van der Waals surface area contributed by atoms with Crippen LogP contribution in [-0.4, -0.2) is 115 Å². The van der Waals surface area contributed by atoms with E-state index in [9.17, 15) is 19.2 Å². The number of piperidine rings is 3. The maximum Gasteiger partial charge on any atom is 0.262 e. The number of fused-ring (bicyclic) bond motifs is 3. The zero-order valence-corrected chi connectivity index (χ0v) is 36.5. The average Bonchev–Trinajstić information content (AvgIpc) is 4.07. The number of likely N-dealkylation sites (tertiary alicyclic amines) is 2. The number of carbonyl (C=O) groups is 4. The van der Waals surface area contributed by atoms with Crippen LogP contribution < -0.4 is 20.7 Å². The van der Waals surface area contributed by atoms with Crippen molar-refractivity contribution in [2.45, 2.75) is 88.4 Å². The van der Waals surface area contributed by atoms with E-state index in [1.807, 2.05) is 66.7 Å². The Kier molecular flexibility index (Phi) is 9.78. The first-order valence-electron chi connectivity index (χ1n) is 23.6. The lowest BCUT2D eigenvalue weighted by molar-refractivity contribution is -0.136. The highest BCUT2D eigenvalue weighted by atomic mass is 16.5. The first-order chi connectivity index (χ1) is 31.7. The molecule has 3 N–H and O–H groups in total. The van der Waals surface area contributed by atoms with Crippen LogP contribution in [-0.2, 0) is 9.59 Å². The summed E-state index contributed by atoms with van der Waals surface area (Å²) < 4.78 is 8.15. The van der Waals surface area contributed by atoms with E-state index in [2.05, 4.69) is 29.7 Å². The van der Waals surface area contributed by atoms with Gasteiger partial charge in [-0.3, -0.25) is 34.3 Å². The molecule has 15 heteroatoms. The maximum atomic E-state index is 13.4. The Hall–Kier alpha value is -6.19. The highest BCUT2D eigenvalue weighted by Crippen LogP contribution is 2.54. The van der Waals surface area contributed by atoms with Gasteiger partial charge in [-0.05, 0) is 130 Å². The normalized spacial score (nSPS) is 26.2. The van der Waals surface area contributed by atoms with Gasteiger partial charge in [0, 0.05) is 69.0 Å². The lowest BCUT2D eigenvalue weighted by Crippen LogP contribution is -2.55. The zero-order chi connectivity index (χ0) is 44.0. The van der Waals surface area contributed by atoms with Crippen molar-refractivity contribution in [1.82, 2.24) is 39.8 Å². The van der Waals surface area contributed by atoms with Gasteiger partial charge in [0.1, 0.15) is 35.4 Å². The summed E-state index contributed by atoms with van der Waals surface area (Å²) >= 11 is 0. The third-order valence-electron chi connectivity index (χ3n) is 16.2. The molecule has 5 aliphatic heterocycles. The number of nitrogen functional groups attached to an aromatic ring is 1. The van der Waals surface area contributed by atoms with Crippen molar-refractivity contribution in [3.63, 3.8) is 0 Å². The number of ether oxygens (including phenoxy) is 1. The summed E-state index contributed by atoms with van der Waals surface area (Å²) in [5.74, 6) is 1.68. The third-order valence-corrected chi connectivity index (χ3v) is 16.2. The average molecular weight is 875 g/mol. The summed E-state index contributed by atoms with van der Waals surface area (Å²) in [6, 6.07) is 23.9. The minimum Gasteiger partial charge on any atom is -0.457 e. The Morgan fingerprint density at radius 3 is 2.15 bits per heavy atom. The van der Waals surface area contributed by atoms with E-state index in [1.54, 1.807) is 12.4 Å². The molecule has 2 unspecified atom stereocenters. The van der Waals surface area contributed by atoms with Crippen LogP contribution in [0.15, 0.2) is 79.1 Å².